The number of anilines is 2. The van der Waals surface area contributed by atoms with Crippen LogP contribution in [0.3, 0.4) is 0 Å². The van der Waals surface area contributed by atoms with E-state index in [2.05, 4.69) is 22.9 Å². The first-order chi connectivity index (χ1) is 9.95. The minimum Gasteiger partial charge on any atom is -0.326 e. The first-order valence-electron chi connectivity index (χ1n) is 7.38. The summed E-state index contributed by atoms with van der Waals surface area (Å²) in [5.74, 6) is -0.0125. The molecule has 1 saturated heterocycles. The Morgan fingerprint density at radius 1 is 1.29 bits per heavy atom. The normalized spacial score (nSPS) is 21.7. The van der Waals surface area contributed by atoms with Crippen LogP contribution in [0.15, 0.2) is 18.2 Å². The summed E-state index contributed by atoms with van der Waals surface area (Å²) in [4.78, 5) is 23.5. The van der Waals surface area contributed by atoms with Gasteiger partial charge in [-0.3, -0.25) is 9.59 Å². The summed E-state index contributed by atoms with van der Waals surface area (Å²) in [6.45, 7) is 6.37. The SMILES string of the molecule is CC(=O)Nc1cc(NC(=O)C2CCNC(C)C2)ccc1C. The topological polar surface area (TPSA) is 70.2 Å². The quantitative estimate of drug-likeness (QED) is 0.799. The van der Waals surface area contributed by atoms with Gasteiger partial charge in [-0.15, -0.1) is 0 Å². The van der Waals surface area contributed by atoms with Gasteiger partial charge in [0.25, 0.3) is 0 Å². The number of carbonyl (C=O) groups is 2. The molecule has 1 aliphatic rings. The number of benzene rings is 1. The third-order valence-corrected chi connectivity index (χ3v) is 3.81. The highest BCUT2D eigenvalue weighted by Crippen LogP contribution is 2.23. The number of hydrogen-bond donors (Lipinski definition) is 3. The molecule has 0 radical (unpaired) electrons. The van der Waals surface area contributed by atoms with Gasteiger partial charge in [0.15, 0.2) is 0 Å². The average Bonchev–Trinajstić information content (AvgIpc) is 2.42. The van der Waals surface area contributed by atoms with Crippen LogP contribution in [0.25, 0.3) is 0 Å². The molecule has 1 aromatic rings. The maximum absolute atomic E-state index is 12.3. The van der Waals surface area contributed by atoms with Crippen molar-refractivity contribution in [2.75, 3.05) is 17.2 Å². The van der Waals surface area contributed by atoms with Gasteiger partial charge in [0.1, 0.15) is 0 Å². The molecule has 114 valence electrons. The molecule has 0 aromatic heterocycles. The van der Waals surface area contributed by atoms with E-state index in [1.165, 1.54) is 6.92 Å². The van der Waals surface area contributed by atoms with Crippen LogP contribution in [0.2, 0.25) is 0 Å². The average molecular weight is 289 g/mol. The first-order valence-corrected chi connectivity index (χ1v) is 7.38. The van der Waals surface area contributed by atoms with Crippen molar-refractivity contribution in [3.63, 3.8) is 0 Å². The van der Waals surface area contributed by atoms with Crippen LogP contribution in [-0.2, 0) is 9.59 Å². The number of hydrogen-bond acceptors (Lipinski definition) is 3. The lowest BCUT2D eigenvalue weighted by Gasteiger charge is -2.27. The summed E-state index contributed by atoms with van der Waals surface area (Å²) >= 11 is 0. The van der Waals surface area contributed by atoms with Crippen molar-refractivity contribution in [3.05, 3.63) is 23.8 Å². The fourth-order valence-corrected chi connectivity index (χ4v) is 2.64. The van der Waals surface area contributed by atoms with E-state index in [1.807, 2.05) is 19.1 Å². The second-order valence-electron chi connectivity index (χ2n) is 5.78. The van der Waals surface area contributed by atoms with Crippen molar-refractivity contribution in [1.29, 1.82) is 0 Å². The maximum Gasteiger partial charge on any atom is 0.227 e. The van der Waals surface area contributed by atoms with Crippen molar-refractivity contribution in [1.82, 2.24) is 5.32 Å². The molecule has 5 heteroatoms. The fourth-order valence-electron chi connectivity index (χ4n) is 2.64. The molecule has 0 spiro atoms. The van der Waals surface area contributed by atoms with Crippen LogP contribution < -0.4 is 16.0 Å². The van der Waals surface area contributed by atoms with Gasteiger partial charge >= 0.3 is 0 Å². The molecular weight excluding hydrogens is 266 g/mol. The highest BCUT2D eigenvalue weighted by atomic mass is 16.2. The molecule has 5 nitrogen and oxygen atoms in total. The summed E-state index contributed by atoms with van der Waals surface area (Å²) in [5.41, 5.74) is 2.43. The largest absolute Gasteiger partial charge is 0.326 e. The van der Waals surface area contributed by atoms with E-state index < -0.39 is 0 Å². The molecule has 2 unspecified atom stereocenters. The number of carbonyl (C=O) groups excluding carboxylic acids is 2. The van der Waals surface area contributed by atoms with Crippen molar-refractivity contribution >= 4 is 23.2 Å². The van der Waals surface area contributed by atoms with E-state index in [1.54, 1.807) is 6.07 Å². The van der Waals surface area contributed by atoms with Gasteiger partial charge in [0.05, 0.1) is 0 Å². The van der Waals surface area contributed by atoms with Crippen LogP contribution >= 0.6 is 0 Å². The lowest BCUT2D eigenvalue weighted by molar-refractivity contribution is -0.120. The summed E-state index contributed by atoms with van der Waals surface area (Å²) in [6.07, 6.45) is 1.72. The smallest absolute Gasteiger partial charge is 0.227 e. The Bertz CT molecular complexity index is 542. The predicted molar refractivity (Wildman–Crippen MR) is 84.3 cm³/mol. The Hall–Kier alpha value is -1.88. The number of amides is 2. The first kappa shape index (κ1) is 15.5. The Morgan fingerprint density at radius 3 is 2.71 bits per heavy atom. The molecule has 0 aliphatic carbocycles. The standard InChI is InChI=1S/C16H23N3O2/c1-10-4-5-14(9-15(10)18-12(3)20)19-16(21)13-6-7-17-11(2)8-13/h4-5,9,11,13,17H,6-8H2,1-3H3,(H,18,20)(H,19,21). The van der Waals surface area contributed by atoms with E-state index in [0.717, 1.165) is 36.3 Å². The van der Waals surface area contributed by atoms with Gasteiger partial charge in [-0.1, -0.05) is 6.07 Å². The lowest BCUT2D eigenvalue weighted by Crippen LogP contribution is -2.40. The van der Waals surface area contributed by atoms with Crippen LogP contribution in [-0.4, -0.2) is 24.4 Å². The fraction of sp³-hybridized carbons (Fsp3) is 0.500. The van der Waals surface area contributed by atoms with Gasteiger partial charge in [0, 0.05) is 30.3 Å². The third kappa shape index (κ3) is 4.29. The van der Waals surface area contributed by atoms with Gasteiger partial charge in [-0.05, 0) is 50.9 Å². The van der Waals surface area contributed by atoms with E-state index in [9.17, 15) is 9.59 Å². The van der Waals surface area contributed by atoms with Crippen molar-refractivity contribution in [2.45, 2.75) is 39.7 Å². The molecule has 1 heterocycles. The van der Waals surface area contributed by atoms with E-state index in [0.29, 0.717) is 6.04 Å². The van der Waals surface area contributed by atoms with Gasteiger partial charge in [0.2, 0.25) is 11.8 Å². The predicted octanol–water partition coefficient (Wildman–Crippen LogP) is 2.28. The molecule has 21 heavy (non-hydrogen) atoms. The van der Waals surface area contributed by atoms with Gasteiger partial charge in [-0.25, -0.2) is 0 Å². The monoisotopic (exact) mass is 289 g/mol. The Labute approximate surface area is 125 Å². The van der Waals surface area contributed by atoms with Crippen molar-refractivity contribution < 1.29 is 9.59 Å². The second kappa shape index (κ2) is 6.72. The molecule has 0 saturated carbocycles. The summed E-state index contributed by atoms with van der Waals surface area (Å²) < 4.78 is 0. The van der Waals surface area contributed by atoms with Crippen LogP contribution in [0.1, 0.15) is 32.3 Å². The number of piperidine rings is 1. The van der Waals surface area contributed by atoms with E-state index >= 15 is 0 Å². The highest BCUT2D eigenvalue weighted by molar-refractivity contribution is 5.95. The maximum atomic E-state index is 12.3. The zero-order valence-corrected chi connectivity index (χ0v) is 12.8. The second-order valence-corrected chi connectivity index (χ2v) is 5.78. The van der Waals surface area contributed by atoms with Gasteiger partial charge in [-0.2, -0.15) is 0 Å². The highest BCUT2D eigenvalue weighted by Gasteiger charge is 2.24. The number of aryl methyl sites for hydroxylation is 1. The van der Waals surface area contributed by atoms with Gasteiger partial charge < -0.3 is 16.0 Å². The zero-order chi connectivity index (χ0) is 15.4. The van der Waals surface area contributed by atoms with Crippen LogP contribution in [0.4, 0.5) is 11.4 Å². The minimum absolute atomic E-state index is 0.0479. The molecule has 2 atom stereocenters. The number of nitrogens with one attached hydrogen (secondary N) is 3. The third-order valence-electron chi connectivity index (χ3n) is 3.81. The molecule has 1 fully saturated rings. The summed E-state index contributed by atoms with van der Waals surface area (Å²) in [7, 11) is 0. The van der Waals surface area contributed by atoms with E-state index in [-0.39, 0.29) is 17.7 Å². The summed E-state index contributed by atoms with van der Waals surface area (Å²) in [6, 6.07) is 5.94. The number of rotatable bonds is 3. The molecule has 2 amide bonds. The Kier molecular flexibility index (Phi) is 4.96. The lowest BCUT2D eigenvalue weighted by atomic mass is 9.92. The van der Waals surface area contributed by atoms with Crippen molar-refractivity contribution in [2.24, 2.45) is 5.92 Å². The molecule has 3 N–H and O–H groups in total. The molecule has 1 aromatic carbocycles. The summed E-state index contributed by atoms with van der Waals surface area (Å²) in [5, 5.41) is 9.07. The van der Waals surface area contributed by atoms with E-state index in [4.69, 9.17) is 0 Å². The van der Waals surface area contributed by atoms with Crippen LogP contribution in [0, 0.1) is 12.8 Å². The molecule has 2 rings (SSSR count). The zero-order valence-electron chi connectivity index (χ0n) is 12.8. The van der Waals surface area contributed by atoms with Crippen LogP contribution in [0.5, 0.6) is 0 Å². The minimum atomic E-state index is -0.117. The van der Waals surface area contributed by atoms with Crippen molar-refractivity contribution in [3.8, 4) is 0 Å². The molecule has 0 bridgehead atoms. The Morgan fingerprint density at radius 2 is 2.05 bits per heavy atom. The Balaban J connectivity index is 2.05. The molecule has 1 aliphatic heterocycles. The molecular formula is C16H23N3O2.